The lowest BCUT2D eigenvalue weighted by molar-refractivity contribution is 0.0792. The molecule has 1 saturated heterocycles. The molecule has 0 bridgehead atoms. The van der Waals surface area contributed by atoms with E-state index >= 15 is 0 Å². The SMILES string of the molecule is Cl.N[C@@H]1CCN(C(=O)c2cc(=O)[nH]c3ccc(Br)cc23)C1. The van der Waals surface area contributed by atoms with Crippen LogP contribution in [0.1, 0.15) is 16.8 Å². The minimum Gasteiger partial charge on any atom is -0.337 e. The molecule has 2 aromatic rings. The molecule has 1 atom stereocenters. The van der Waals surface area contributed by atoms with Gasteiger partial charge in [0.25, 0.3) is 5.91 Å². The van der Waals surface area contributed by atoms with Crippen LogP contribution in [0.5, 0.6) is 0 Å². The van der Waals surface area contributed by atoms with Gasteiger partial charge in [0.15, 0.2) is 0 Å². The van der Waals surface area contributed by atoms with Gasteiger partial charge in [0.1, 0.15) is 0 Å². The van der Waals surface area contributed by atoms with E-state index in [1.165, 1.54) is 6.07 Å². The zero-order valence-corrected chi connectivity index (χ0v) is 13.5. The highest BCUT2D eigenvalue weighted by Gasteiger charge is 2.26. The van der Waals surface area contributed by atoms with Gasteiger partial charge in [0.05, 0.1) is 5.56 Å². The van der Waals surface area contributed by atoms with Crippen LogP contribution in [0, 0.1) is 0 Å². The van der Waals surface area contributed by atoms with Gasteiger partial charge in [-0.05, 0) is 24.6 Å². The van der Waals surface area contributed by atoms with E-state index in [4.69, 9.17) is 5.73 Å². The third-order valence-electron chi connectivity index (χ3n) is 3.55. The molecule has 2 heterocycles. The summed E-state index contributed by atoms with van der Waals surface area (Å²) in [6.45, 7) is 1.18. The average Bonchev–Trinajstić information content (AvgIpc) is 2.84. The number of amides is 1. The topological polar surface area (TPSA) is 79.2 Å². The fourth-order valence-electron chi connectivity index (χ4n) is 2.55. The highest BCUT2D eigenvalue weighted by atomic mass is 79.9. The number of hydrogen-bond acceptors (Lipinski definition) is 3. The Hall–Kier alpha value is -1.37. The van der Waals surface area contributed by atoms with Crippen molar-refractivity contribution in [3.63, 3.8) is 0 Å². The third kappa shape index (κ3) is 3.12. The lowest BCUT2D eigenvalue weighted by Gasteiger charge is -2.17. The Kier molecular flexibility index (Phi) is 4.70. The second-order valence-electron chi connectivity index (χ2n) is 5.04. The van der Waals surface area contributed by atoms with Gasteiger partial charge in [-0.2, -0.15) is 0 Å². The van der Waals surface area contributed by atoms with Crippen LogP contribution in [0.4, 0.5) is 0 Å². The number of carbonyl (C=O) groups excluding carboxylic acids is 1. The maximum Gasteiger partial charge on any atom is 0.254 e. The smallest absolute Gasteiger partial charge is 0.254 e. The maximum absolute atomic E-state index is 12.6. The summed E-state index contributed by atoms with van der Waals surface area (Å²) in [5.41, 5.74) is 6.66. The van der Waals surface area contributed by atoms with Crippen LogP contribution in [0.2, 0.25) is 0 Å². The van der Waals surface area contributed by atoms with Crippen molar-refractivity contribution in [1.82, 2.24) is 9.88 Å². The molecule has 1 fully saturated rings. The summed E-state index contributed by atoms with van der Waals surface area (Å²) in [6.07, 6.45) is 0.802. The maximum atomic E-state index is 12.6. The minimum atomic E-state index is -0.272. The Balaban J connectivity index is 0.00000161. The number of hydrogen-bond donors (Lipinski definition) is 2. The molecule has 0 aliphatic carbocycles. The lowest BCUT2D eigenvalue weighted by atomic mass is 10.1. The molecule has 0 saturated carbocycles. The molecule has 1 aliphatic heterocycles. The van der Waals surface area contributed by atoms with E-state index in [1.54, 1.807) is 11.0 Å². The monoisotopic (exact) mass is 371 g/mol. The van der Waals surface area contributed by atoms with Crippen molar-refractivity contribution in [1.29, 1.82) is 0 Å². The molecular weight excluding hydrogens is 358 g/mol. The Morgan fingerprint density at radius 3 is 2.81 bits per heavy atom. The molecular formula is C14H15BrClN3O2. The number of carbonyl (C=O) groups is 1. The summed E-state index contributed by atoms with van der Waals surface area (Å²) in [6, 6.07) is 6.85. The van der Waals surface area contributed by atoms with Gasteiger partial charge in [0, 0.05) is 40.6 Å². The Bertz CT molecular complexity index is 747. The molecule has 112 valence electrons. The summed E-state index contributed by atoms with van der Waals surface area (Å²) in [5.74, 6) is -0.132. The second kappa shape index (κ2) is 6.17. The van der Waals surface area contributed by atoms with Crippen molar-refractivity contribution in [3.8, 4) is 0 Å². The number of fused-ring (bicyclic) bond motifs is 1. The highest BCUT2D eigenvalue weighted by Crippen LogP contribution is 2.22. The third-order valence-corrected chi connectivity index (χ3v) is 4.04. The molecule has 21 heavy (non-hydrogen) atoms. The average molecular weight is 373 g/mol. The lowest BCUT2D eigenvalue weighted by Crippen LogP contribution is -2.32. The van der Waals surface area contributed by atoms with Crippen LogP contribution in [-0.2, 0) is 0 Å². The van der Waals surface area contributed by atoms with E-state index in [-0.39, 0.29) is 29.9 Å². The van der Waals surface area contributed by atoms with E-state index < -0.39 is 0 Å². The number of rotatable bonds is 1. The zero-order valence-electron chi connectivity index (χ0n) is 11.1. The fraction of sp³-hybridized carbons (Fsp3) is 0.286. The molecule has 0 unspecified atom stereocenters. The summed E-state index contributed by atoms with van der Waals surface area (Å²) >= 11 is 3.39. The van der Waals surface area contributed by atoms with E-state index in [2.05, 4.69) is 20.9 Å². The second-order valence-corrected chi connectivity index (χ2v) is 5.95. The van der Waals surface area contributed by atoms with Crippen LogP contribution in [0.25, 0.3) is 10.9 Å². The Morgan fingerprint density at radius 1 is 1.38 bits per heavy atom. The molecule has 1 amide bonds. The highest BCUT2D eigenvalue weighted by molar-refractivity contribution is 9.10. The number of nitrogens with one attached hydrogen (secondary N) is 1. The van der Waals surface area contributed by atoms with E-state index in [0.717, 1.165) is 16.3 Å². The number of nitrogens with zero attached hydrogens (tertiary/aromatic N) is 1. The van der Waals surface area contributed by atoms with Crippen LogP contribution >= 0.6 is 28.3 Å². The molecule has 0 radical (unpaired) electrons. The van der Waals surface area contributed by atoms with Gasteiger partial charge in [-0.25, -0.2) is 0 Å². The predicted molar refractivity (Wildman–Crippen MR) is 88.0 cm³/mol. The molecule has 3 rings (SSSR count). The van der Waals surface area contributed by atoms with E-state index in [0.29, 0.717) is 24.2 Å². The van der Waals surface area contributed by atoms with Crippen molar-refractivity contribution < 1.29 is 4.79 Å². The molecule has 0 spiro atoms. The molecule has 1 aromatic carbocycles. The summed E-state index contributed by atoms with van der Waals surface area (Å²) < 4.78 is 0.865. The van der Waals surface area contributed by atoms with Gasteiger partial charge in [-0.15, -0.1) is 12.4 Å². The number of nitrogens with two attached hydrogens (primary N) is 1. The van der Waals surface area contributed by atoms with Crippen LogP contribution in [-0.4, -0.2) is 34.9 Å². The number of aromatic amines is 1. The van der Waals surface area contributed by atoms with Crippen LogP contribution < -0.4 is 11.3 Å². The molecule has 7 heteroatoms. The standard InChI is InChI=1S/C14H14BrN3O2.ClH/c15-8-1-2-12-10(5-8)11(6-13(19)17-12)14(20)18-4-3-9(16)7-18;/h1-2,5-6,9H,3-4,7,16H2,(H,17,19);1H/t9-;/m1./s1. The van der Waals surface area contributed by atoms with Crippen LogP contribution in [0.15, 0.2) is 33.5 Å². The van der Waals surface area contributed by atoms with Crippen molar-refractivity contribution in [3.05, 3.63) is 44.7 Å². The van der Waals surface area contributed by atoms with Crippen molar-refractivity contribution >= 4 is 45.1 Å². The summed E-state index contributed by atoms with van der Waals surface area (Å²) in [5, 5.41) is 0.740. The van der Waals surface area contributed by atoms with Crippen LogP contribution in [0.3, 0.4) is 0 Å². The van der Waals surface area contributed by atoms with Gasteiger partial charge in [-0.3, -0.25) is 9.59 Å². The number of benzene rings is 1. The first-order valence-electron chi connectivity index (χ1n) is 6.42. The van der Waals surface area contributed by atoms with Gasteiger partial charge in [0.2, 0.25) is 5.56 Å². The number of aromatic nitrogens is 1. The van der Waals surface area contributed by atoms with Gasteiger partial charge >= 0.3 is 0 Å². The van der Waals surface area contributed by atoms with E-state index in [1.807, 2.05) is 12.1 Å². The Labute approximate surface area is 136 Å². The fourth-order valence-corrected chi connectivity index (χ4v) is 2.91. The molecule has 3 N–H and O–H groups in total. The van der Waals surface area contributed by atoms with Crippen molar-refractivity contribution in [2.75, 3.05) is 13.1 Å². The number of H-pyrrole nitrogens is 1. The minimum absolute atomic E-state index is 0. The molecule has 1 aliphatic rings. The van der Waals surface area contributed by atoms with Gasteiger partial charge in [-0.1, -0.05) is 15.9 Å². The first-order chi connectivity index (χ1) is 9.54. The molecule has 5 nitrogen and oxygen atoms in total. The van der Waals surface area contributed by atoms with Gasteiger partial charge < -0.3 is 15.6 Å². The molecule has 1 aromatic heterocycles. The van der Waals surface area contributed by atoms with Crippen molar-refractivity contribution in [2.45, 2.75) is 12.5 Å². The van der Waals surface area contributed by atoms with E-state index in [9.17, 15) is 9.59 Å². The number of halogens is 2. The Morgan fingerprint density at radius 2 is 2.14 bits per heavy atom. The first-order valence-corrected chi connectivity index (χ1v) is 7.21. The number of likely N-dealkylation sites (tertiary alicyclic amines) is 1. The normalized spacial score (nSPS) is 17.8. The zero-order chi connectivity index (χ0) is 14.3. The largest absolute Gasteiger partial charge is 0.337 e. The first kappa shape index (κ1) is 16.0. The quantitative estimate of drug-likeness (QED) is 0.802. The number of pyridine rings is 1. The predicted octanol–water partition coefficient (Wildman–Crippen LogP) is 1.89. The van der Waals surface area contributed by atoms with Crippen molar-refractivity contribution in [2.24, 2.45) is 5.73 Å². The summed E-state index contributed by atoms with van der Waals surface area (Å²) in [7, 11) is 0. The summed E-state index contributed by atoms with van der Waals surface area (Å²) in [4.78, 5) is 28.7.